The largest absolute Gasteiger partial charge is 0.398 e. The summed E-state index contributed by atoms with van der Waals surface area (Å²) < 4.78 is 0. The van der Waals surface area contributed by atoms with Gasteiger partial charge in [-0.15, -0.1) is 0 Å². The maximum Gasteiger partial charge on any atom is 0.276 e. The summed E-state index contributed by atoms with van der Waals surface area (Å²) in [6, 6.07) is 11.7. The molecular formula is C17H19N3O2. The Morgan fingerprint density at radius 2 is 2.00 bits per heavy atom. The van der Waals surface area contributed by atoms with E-state index in [-0.39, 0.29) is 0 Å². The molecule has 0 aliphatic carbocycles. The third-order valence-corrected chi connectivity index (χ3v) is 4.20. The average molecular weight is 297 g/mol. The highest BCUT2D eigenvalue weighted by Crippen LogP contribution is 2.35. The molecule has 114 valence electrons. The molecule has 1 amide bonds. The average Bonchev–Trinajstić information content (AvgIpc) is 2.56. The fourth-order valence-corrected chi connectivity index (χ4v) is 3.04. The first kappa shape index (κ1) is 14.6. The van der Waals surface area contributed by atoms with Crippen LogP contribution in [0.1, 0.15) is 21.5 Å². The van der Waals surface area contributed by atoms with E-state index >= 15 is 0 Å². The van der Waals surface area contributed by atoms with Crippen LogP contribution < -0.4 is 11.2 Å². The lowest BCUT2D eigenvalue weighted by molar-refractivity contribution is 0.0707. The first-order valence-corrected chi connectivity index (χ1v) is 7.24. The van der Waals surface area contributed by atoms with Gasteiger partial charge in [0.05, 0.1) is 5.56 Å². The molecule has 5 heteroatoms. The predicted molar refractivity (Wildman–Crippen MR) is 85.6 cm³/mol. The van der Waals surface area contributed by atoms with Crippen molar-refractivity contribution in [3.05, 3.63) is 53.1 Å². The molecule has 2 aromatic rings. The van der Waals surface area contributed by atoms with E-state index in [4.69, 9.17) is 10.9 Å². The van der Waals surface area contributed by atoms with E-state index in [0.29, 0.717) is 17.8 Å². The van der Waals surface area contributed by atoms with Crippen LogP contribution in [0.15, 0.2) is 36.4 Å². The number of hydroxylamine groups is 1. The van der Waals surface area contributed by atoms with Crippen molar-refractivity contribution in [3.8, 4) is 11.1 Å². The van der Waals surface area contributed by atoms with E-state index in [2.05, 4.69) is 4.90 Å². The van der Waals surface area contributed by atoms with Crippen molar-refractivity contribution >= 4 is 11.6 Å². The zero-order chi connectivity index (χ0) is 15.7. The summed E-state index contributed by atoms with van der Waals surface area (Å²) in [5, 5.41) is 8.96. The number of benzene rings is 2. The van der Waals surface area contributed by atoms with Gasteiger partial charge in [0.25, 0.3) is 5.91 Å². The second-order valence-corrected chi connectivity index (χ2v) is 5.64. The Bertz CT molecular complexity index is 714. The number of rotatable bonds is 2. The van der Waals surface area contributed by atoms with Crippen molar-refractivity contribution < 1.29 is 10.0 Å². The number of nitrogens with one attached hydrogen (secondary N) is 1. The van der Waals surface area contributed by atoms with Crippen LogP contribution in [-0.4, -0.2) is 29.6 Å². The molecule has 4 N–H and O–H groups in total. The maximum atomic E-state index is 11.9. The molecular weight excluding hydrogens is 278 g/mol. The molecule has 0 atom stereocenters. The maximum absolute atomic E-state index is 11.9. The molecule has 1 aliphatic heterocycles. The highest BCUT2D eigenvalue weighted by Gasteiger charge is 2.24. The molecule has 1 aliphatic rings. The van der Waals surface area contributed by atoms with Gasteiger partial charge in [0.2, 0.25) is 0 Å². The number of nitrogens with two attached hydrogens (primary N) is 1. The van der Waals surface area contributed by atoms with Crippen molar-refractivity contribution in [3.63, 3.8) is 0 Å². The summed E-state index contributed by atoms with van der Waals surface area (Å²) in [6.07, 6.45) is 0.890. The molecule has 0 bridgehead atoms. The number of likely N-dealkylation sites (N-methyl/N-ethyl adjacent to an activating group) is 1. The quantitative estimate of drug-likeness (QED) is 0.450. The standard InChI is InChI=1S/C17H19N3O2/c1-20-8-7-12-13(11-5-3-2-4-6-11)9-14(17(21)19-22)16(18)15(12)10-20/h2-6,9,22H,7-8,10,18H2,1H3,(H,19,21). The number of amides is 1. The fourth-order valence-electron chi connectivity index (χ4n) is 3.04. The summed E-state index contributed by atoms with van der Waals surface area (Å²) in [6.45, 7) is 1.66. The molecule has 0 saturated heterocycles. The summed E-state index contributed by atoms with van der Waals surface area (Å²) >= 11 is 0. The minimum Gasteiger partial charge on any atom is -0.398 e. The number of hydrogen-bond donors (Lipinski definition) is 3. The summed E-state index contributed by atoms with van der Waals surface area (Å²) in [5.41, 5.74) is 12.9. The Morgan fingerprint density at radius 3 is 2.68 bits per heavy atom. The van der Waals surface area contributed by atoms with E-state index in [0.717, 1.165) is 29.7 Å². The van der Waals surface area contributed by atoms with Gasteiger partial charge in [-0.1, -0.05) is 30.3 Å². The lowest BCUT2D eigenvalue weighted by Crippen LogP contribution is -2.29. The Hall–Kier alpha value is -2.37. The number of anilines is 1. The lowest BCUT2D eigenvalue weighted by Gasteiger charge is -2.29. The van der Waals surface area contributed by atoms with Crippen molar-refractivity contribution in [2.75, 3.05) is 19.3 Å². The first-order valence-electron chi connectivity index (χ1n) is 7.24. The van der Waals surface area contributed by atoms with Crippen LogP contribution in [0, 0.1) is 0 Å². The topological polar surface area (TPSA) is 78.6 Å². The molecule has 22 heavy (non-hydrogen) atoms. The van der Waals surface area contributed by atoms with Gasteiger partial charge in [-0.25, -0.2) is 5.48 Å². The van der Waals surface area contributed by atoms with Crippen LogP contribution >= 0.6 is 0 Å². The van der Waals surface area contributed by atoms with Gasteiger partial charge < -0.3 is 10.6 Å². The van der Waals surface area contributed by atoms with E-state index in [9.17, 15) is 4.79 Å². The van der Waals surface area contributed by atoms with Gasteiger partial charge in [-0.3, -0.25) is 10.0 Å². The molecule has 3 rings (SSSR count). The van der Waals surface area contributed by atoms with Crippen LogP contribution in [0.2, 0.25) is 0 Å². The summed E-state index contributed by atoms with van der Waals surface area (Å²) in [7, 11) is 2.03. The van der Waals surface area contributed by atoms with Crippen LogP contribution in [0.5, 0.6) is 0 Å². The lowest BCUT2D eigenvalue weighted by atomic mass is 9.87. The van der Waals surface area contributed by atoms with Gasteiger partial charge in [0.15, 0.2) is 0 Å². The molecule has 2 aromatic carbocycles. The molecule has 1 heterocycles. The van der Waals surface area contributed by atoms with Crippen molar-refractivity contribution in [1.82, 2.24) is 10.4 Å². The first-order chi connectivity index (χ1) is 10.6. The van der Waals surface area contributed by atoms with Gasteiger partial charge in [-0.2, -0.15) is 0 Å². The zero-order valence-electron chi connectivity index (χ0n) is 12.5. The highest BCUT2D eigenvalue weighted by atomic mass is 16.5. The molecule has 5 nitrogen and oxygen atoms in total. The molecule has 0 aromatic heterocycles. The van der Waals surface area contributed by atoms with Gasteiger partial charge >= 0.3 is 0 Å². The normalized spacial score (nSPS) is 14.5. The molecule has 0 saturated carbocycles. The van der Waals surface area contributed by atoms with Crippen LogP contribution in [-0.2, 0) is 13.0 Å². The van der Waals surface area contributed by atoms with Crippen LogP contribution in [0.3, 0.4) is 0 Å². The number of nitrogen functional groups attached to an aromatic ring is 1. The minimum absolute atomic E-state index is 0.315. The third kappa shape index (κ3) is 2.45. The Kier molecular flexibility index (Phi) is 3.83. The number of fused-ring (bicyclic) bond motifs is 1. The minimum atomic E-state index is -0.578. The summed E-state index contributed by atoms with van der Waals surface area (Å²) in [4.78, 5) is 14.1. The second-order valence-electron chi connectivity index (χ2n) is 5.64. The molecule has 0 spiro atoms. The number of hydrogen-bond acceptors (Lipinski definition) is 4. The Balaban J connectivity index is 2.25. The monoisotopic (exact) mass is 297 g/mol. The number of carbonyl (C=O) groups excluding carboxylic acids is 1. The predicted octanol–water partition coefficient (Wildman–Crippen LogP) is 2.04. The van der Waals surface area contributed by atoms with Crippen molar-refractivity contribution in [2.24, 2.45) is 0 Å². The summed E-state index contributed by atoms with van der Waals surface area (Å²) in [5.74, 6) is -0.578. The van der Waals surface area contributed by atoms with E-state index in [1.807, 2.05) is 37.4 Å². The van der Waals surface area contributed by atoms with Gasteiger partial charge in [0, 0.05) is 18.8 Å². The Labute approximate surface area is 129 Å². The zero-order valence-corrected chi connectivity index (χ0v) is 12.5. The van der Waals surface area contributed by atoms with Crippen LogP contribution in [0.4, 0.5) is 5.69 Å². The van der Waals surface area contributed by atoms with E-state index in [1.54, 1.807) is 11.5 Å². The Morgan fingerprint density at radius 1 is 1.27 bits per heavy atom. The van der Waals surface area contributed by atoms with Gasteiger partial charge in [0.1, 0.15) is 0 Å². The van der Waals surface area contributed by atoms with E-state index < -0.39 is 5.91 Å². The number of carbonyl (C=O) groups is 1. The number of nitrogens with zero attached hydrogens (tertiary/aromatic N) is 1. The SMILES string of the molecule is CN1CCc2c(-c3ccccc3)cc(C(=O)NO)c(N)c2C1. The molecule has 0 radical (unpaired) electrons. The van der Waals surface area contributed by atoms with Crippen molar-refractivity contribution in [1.29, 1.82) is 0 Å². The highest BCUT2D eigenvalue weighted by molar-refractivity contribution is 6.01. The van der Waals surface area contributed by atoms with E-state index in [1.165, 1.54) is 5.56 Å². The third-order valence-electron chi connectivity index (χ3n) is 4.20. The van der Waals surface area contributed by atoms with Gasteiger partial charge in [-0.05, 0) is 41.8 Å². The van der Waals surface area contributed by atoms with Crippen molar-refractivity contribution in [2.45, 2.75) is 13.0 Å². The second kappa shape index (κ2) is 5.79. The smallest absolute Gasteiger partial charge is 0.276 e. The fraction of sp³-hybridized carbons (Fsp3) is 0.235. The van der Waals surface area contributed by atoms with Crippen LogP contribution in [0.25, 0.3) is 11.1 Å². The molecule has 0 fully saturated rings. The molecule has 0 unspecified atom stereocenters.